The van der Waals surface area contributed by atoms with E-state index in [-0.39, 0.29) is 17.3 Å². The molecule has 3 aromatic rings. The summed E-state index contributed by atoms with van der Waals surface area (Å²) in [7, 11) is 0. The van der Waals surface area contributed by atoms with Crippen LogP contribution in [-0.2, 0) is 9.53 Å². The Labute approximate surface area is 154 Å². The molecule has 1 atom stereocenters. The van der Waals surface area contributed by atoms with Gasteiger partial charge in [0.05, 0.1) is 11.9 Å². The van der Waals surface area contributed by atoms with Crippen LogP contribution in [-0.4, -0.2) is 33.1 Å². The van der Waals surface area contributed by atoms with Crippen molar-refractivity contribution in [1.29, 1.82) is 0 Å². The molecule has 0 aromatic carbocycles. The van der Waals surface area contributed by atoms with Crippen LogP contribution in [0.15, 0.2) is 53.4 Å². The fourth-order valence-electron chi connectivity index (χ4n) is 2.07. The second-order valence-electron chi connectivity index (χ2n) is 5.52. The average molecular weight is 368 g/mol. The topological polar surface area (TPSA) is 116 Å². The second-order valence-corrected chi connectivity index (χ2v) is 5.52. The fraction of sp³-hybridized carbons (Fsp3) is 0.167. The molecular weight excluding hydrogens is 352 g/mol. The summed E-state index contributed by atoms with van der Waals surface area (Å²) in [5.74, 6) is -0.676. The molecule has 3 heterocycles. The second kappa shape index (κ2) is 8.09. The van der Waals surface area contributed by atoms with Gasteiger partial charge in [0.15, 0.2) is 6.10 Å². The average Bonchev–Trinajstić information content (AvgIpc) is 3.07. The van der Waals surface area contributed by atoms with Gasteiger partial charge >= 0.3 is 5.97 Å². The number of rotatable bonds is 6. The van der Waals surface area contributed by atoms with Gasteiger partial charge < -0.3 is 14.0 Å². The molecule has 0 spiro atoms. The summed E-state index contributed by atoms with van der Waals surface area (Å²) in [5, 5.41) is 6.13. The van der Waals surface area contributed by atoms with E-state index in [1.165, 1.54) is 25.4 Å². The molecule has 3 aromatic heterocycles. The SMILES string of the molecule is Cc1cc(NC(=O)C(C)OC(=O)c2cccnc2Oc2cccnc2)on1. The van der Waals surface area contributed by atoms with Crippen molar-refractivity contribution in [2.45, 2.75) is 20.0 Å². The minimum atomic E-state index is -1.07. The molecule has 9 heteroatoms. The van der Waals surface area contributed by atoms with Crippen LogP contribution in [0.2, 0.25) is 0 Å². The lowest BCUT2D eigenvalue weighted by atomic mass is 10.2. The lowest BCUT2D eigenvalue weighted by Gasteiger charge is -2.13. The number of pyridine rings is 2. The zero-order valence-corrected chi connectivity index (χ0v) is 14.6. The lowest BCUT2D eigenvalue weighted by molar-refractivity contribution is -0.123. The number of anilines is 1. The summed E-state index contributed by atoms with van der Waals surface area (Å²) in [6.07, 6.45) is 3.48. The predicted molar refractivity (Wildman–Crippen MR) is 93.3 cm³/mol. The predicted octanol–water partition coefficient (Wildman–Crippen LogP) is 2.75. The third-order valence-corrected chi connectivity index (χ3v) is 3.37. The number of hydrogen-bond donors (Lipinski definition) is 1. The molecule has 9 nitrogen and oxygen atoms in total. The number of hydrogen-bond acceptors (Lipinski definition) is 8. The zero-order valence-electron chi connectivity index (χ0n) is 14.6. The number of ether oxygens (including phenoxy) is 2. The number of nitrogens with zero attached hydrogens (tertiary/aromatic N) is 3. The molecule has 1 amide bonds. The Morgan fingerprint density at radius 1 is 1.22 bits per heavy atom. The van der Waals surface area contributed by atoms with E-state index in [0.717, 1.165) is 0 Å². The zero-order chi connectivity index (χ0) is 19.2. The number of esters is 1. The van der Waals surface area contributed by atoms with Gasteiger partial charge in [0.1, 0.15) is 11.3 Å². The Morgan fingerprint density at radius 3 is 2.74 bits per heavy atom. The molecule has 27 heavy (non-hydrogen) atoms. The molecule has 138 valence electrons. The maximum Gasteiger partial charge on any atom is 0.344 e. The molecule has 0 aliphatic heterocycles. The van der Waals surface area contributed by atoms with Crippen LogP contribution in [0.4, 0.5) is 5.88 Å². The molecule has 1 unspecified atom stereocenters. The molecule has 0 saturated carbocycles. The van der Waals surface area contributed by atoms with Crippen molar-refractivity contribution in [2.75, 3.05) is 5.32 Å². The molecule has 0 aliphatic rings. The van der Waals surface area contributed by atoms with E-state index in [1.54, 1.807) is 37.4 Å². The Hall–Kier alpha value is -3.75. The molecule has 0 saturated heterocycles. The highest BCUT2D eigenvalue weighted by Gasteiger charge is 2.23. The van der Waals surface area contributed by atoms with Crippen LogP contribution in [0.3, 0.4) is 0 Å². The van der Waals surface area contributed by atoms with Gasteiger partial charge in [0, 0.05) is 18.5 Å². The summed E-state index contributed by atoms with van der Waals surface area (Å²) >= 11 is 0. The van der Waals surface area contributed by atoms with Crippen molar-refractivity contribution in [3.63, 3.8) is 0 Å². The standard InChI is InChI=1S/C18H16N4O5/c1-11-9-15(27-22-11)21-16(23)12(2)25-18(24)14-6-4-8-20-17(14)26-13-5-3-7-19-10-13/h3-10,12H,1-2H3,(H,21,23). The first-order valence-electron chi connectivity index (χ1n) is 8.01. The first kappa shape index (κ1) is 18.1. The van der Waals surface area contributed by atoms with Crippen molar-refractivity contribution in [2.24, 2.45) is 0 Å². The quantitative estimate of drug-likeness (QED) is 0.660. The van der Waals surface area contributed by atoms with Crippen molar-refractivity contribution >= 4 is 17.8 Å². The first-order chi connectivity index (χ1) is 13.0. The largest absolute Gasteiger partial charge is 0.449 e. The smallest absolute Gasteiger partial charge is 0.344 e. The van der Waals surface area contributed by atoms with Gasteiger partial charge in [0.25, 0.3) is 5.91 Å². The van der Waals surface area contributed by atoms with Crippen LogP contribution in [0.25, 0.3) is 0 Å². The van der Waals surface area contributed by atoms with Crippen LogP contribution >= 0.6 is 0 Å². The molecule has 0 fully saturated rings. The summed E-state index contributed by atoms with van der Waals surface area (Å²) in [6, 6.07) is 7.97. The molecular formula is C18H16N4O5. The summed E-state index contributed by atoms with van der Waals surface area (Å²) in [4.78, 5) is 32.6. The number of nitrogens with one attached hydrogen (secondary N) is 1. The monoisotopic (exact) mass is 368 g/mol. The number of carbonyl (C=O) groups excluding carboxylic acids is 2. The highest BCUT2D eigenvalue weighted by Crippen LogP contribution is 2.23. The van der Waals surface area contributed by atoms with Gasteiger partial charge in [-0.25, -0.2) is 9.78 Å². The van der Waals surface area contributed by atoms with E-state index in [4.69, 9.17) is 14.0 Å². The minimum Gasteiger partial charge on any atom is -0.449 e. The van der Waals surface area contributed by atoms with Gasteiger partial charge in [-0.15, -0.1) is 0 Å². The first-order valence-corrected chi connectivity index (χ1v) is 8.01. The number of aryl methyl sites for hydroxylation is 1. The Kier molecular flexibility index (Phi) is 5.41. The summed E-state index contributed by atoms with van der Waals surface area (Å²) < 4.78 is 15.7. The minimum absolute atomic E-state index is 0.0500. The van der Waals surface area contributed by atoms with E-state index in [2.05, 4.69) is 20.4 Å². The molecule has 0 radical (unpaired) electrons. The van der Waals surface area contributed by atoms with E-state index < -0.39 is 18.0 Å². The van der Waals surface area contributed by atoms with Crippen LogP contribution in [0.5, 0.6) is 11.6 Å². The number of aromatic nitrogens is 3. The van der Waals surface area contributed by atoms with Gasteiger partial charge in [-0.3, -0.25) is 15.1 Å². The van der Waals surface area contributed by atoms with E-state index in [0.29, 0.717) is 11.4 Å². The fourth-order valence-corrected chi connectivity index (χ4v) is 2.07. The van der Waals surface area contributed by atoms with E-state index in [1.807, 2.05) is 0 Å². The highest BCUT2D eigenvalue weighted by molar-refractivity contribution is 5.97. The molecule has 0 aliphatic carbocycles. The van der Waals surface area contributed by atoms with Crippen LogP contribution in [0, 0.1) is 6.92 Å². The number of carbonyl (C=O) groups is 2. The van der Waals surface area contributed by atoms with Crippen LogP contribution in [0.1, 0.15) is 23.0 Å². The van der Waals surface area contributed by atoms with Crippen LogP contribution < -0.4 is 10.1 Å². The van der Waals surface area contributed by atoms with E-state index >= 15 is 0 Å². The van der Waals surface area contributed by atoms with Gasteiger partial charge in [-0.2, -0.15) is 0 Å². The third kappa shape index (κ3) is 4.66. The van der Waals surface area contributed by atoms with Gasteiger partial charge in [-0.05, 0) is 38.1 Å². The Bertz CT molecular complexity index is 942. The summed E-state index contributed by atoms with van der Waals surface area (Å²) in [6.45, 7) is 3.16. The molecule has 0 bridgehead atoms. The summed E-state index contributed by atoms with van der Waals surface area (Å²) in [5.41, 5.74) is 0.694. The van der Waals surface area contributed by atoms with Crippen molar-refractivity contribution in [1.82, 2.24) is 15.1 Å². The normalized spacial score (nSPS) is 11.5. The van der Waals surface area contributed by atoms with E-state index in [9.17, 15) is 9.59 Å². The maximum atomic E-state index is 12.5. The highest BCUT2D eigenvalue weighted by atomic mass is 16.6. The lowest BCUT2D eigenvalue weighted by Crippen LogP contribution is -2.30. The van der Waals surface area contributed by atoms with Crippen molar-refractivity contribution in [3.8, 4) is 11.6 Å². The number of amides is 1. The Morgan fingerprint density at radius 2 is 2.04 bits per heavy atom. The van der Waals surface area contributed by atoms with Gasteiger partial charge in [0.2, 0.25) is 11.8 Å². The maximum absolute atomic E-state index is 12.5. The molecule has 1 N–H and O–H groups in total. The van der Waals surface area contributed by atoms with Crippen molar-refractivity contribution in [3.05, 3.63) is 60.2 Å². The van der Waals surface area contributed by atoms with Gasteiger partial charge in [-0.1, -0.05) is 5.16 Å². The van der Waals surface area contributed by atoms with Crippen molar-refractivity contribution < 1.29 is 23.6 Å². The third-order valence-electron chi connectivity index (χ3n) is 3.37. The molecule has 3 rings (SSSR count). The Balaban J connectivity index is 1.67.